The lowest BCUT2D eigenvalue weighted by atomic mass is 10.1. The molecule has 17 heavy (non-hydrogen) atoms. The second-order valence-corrected chi connectivity index (χ2v) is 5.73. The van der Waals surface area contributed by atoms with Gasteiger partial charge in [-0.05, 0) is 37.0 Å². The summed E-state index contributed by atoms with van der Waals surface area (Å²) in [5.41, 5.74) is 1.26. The fourth-order valence-electron chi connectivity index (χ4n) is 2.07. The molecule has 0 bridgehead atoms. The van der Waals surface area contributed by atoms with Crippen LogP contribution in [0.3, 0.4) is 0 Å². The first-order valence-corrected chi connectivity index (χ1v) is 6.60. The molecule has 88 valence electrons. The van der Waals surface area contributed by atoms with Crippen molar-refractivity contribution in [1.29, 1.82) is 0 Å². The van der Waals surface area contributed by atoms with E-state index in [0.29, 0.717) is 11.5 Å². The van der Waals surface area contributed by atoms with Gasteiger partial charge >= 0.3 is 5.97 Å². The number of nitrogens with zero attached hydrogens (tertiary/aromatic N) is 1. The third kappa shape index (κ3) is 1.93. The largest absolute Gasteiger partial charge is 0.478 e. The summed E-state index contributed by atoms with van der Waals surface area (Å²) in [5.74, 6) is 0.423. The van der Waals surface area contributed by atoms with Crippen molar-refractivity contribution in [2.75, 3.05) is 0 Å². The monoisotopic (exact) mass is 247 g/mol. The standard InChI is InChI=1S/C13H13NO2S/c1-7(8-2-3-8)12-14-10-5-4-9(13(15)16)6-11(10)17-12/h4-8H,2-3H2,1H3,(H,15,16). The van der Waals surface area contributed by atoms with E-state index in [0.717, 1.165) is 21.1 Å². The number of carbonyl (C=O) groups is 1. The number of carboxylic acid groups (broad SMARTS) is 1. The highest BCUT2D eigenvalue weighted by Gasteiger charge is 2.30. The minimum Gasteiger partial charge on any atom is -0.478 e. The molecule has 0 amide bonds. The lowest BCUT2D eigenvalue weighted by molar-refractivity contribution is 0.0697. The minimum absolute atomic E-state index is 0.340. The molecule has 1 aromatic heterocycles. The molecular weight excluding hydrogens is 234 g/mol. The zero-order valence-electron chi connectivity index (χ0n) is 9.51. The molecule has 3 nitrogen and oxygen atoms in total. The van der Waals surface area contributed by atoms with Crippen molar-refractivity contribution in [3.05, 3.63) is 28.8 Å². The van der Waals surface area contributed by atoms with Crippen LogP contribution in [-0.4, -0.2) is 16.1 Å². The molecule has 1 unspecified atom stereocenters. The van der Waals surface area contributed by atoms with Crippen molar-refractivity contribution in [1.82, 2.24) is 4.98 Å². The molecule has 0 saturated heterocycles. The number of fused-ring (bicyclic) bond motifs is 1. The van der Waals surface area contributed by atoms with Gasteiger partial charge in [-0.3, -0.25) is 0 Å². The summed E-state index contributed by atoms with van der Waals surface area (Å²) in [6, 6.07) is 5.15. The van der Waals surface area contributed by atoms with E-state index in [1.807, 2.05) is 0 Å². The Hall–Kier alpha value is -1.42. The maximum absolute atomic E-state index is 10.9. The highest BCUT2D eigenvalue weighted by atomic mass is 32.1. The van der Waals surface area contributed by atoms with Crippen molar-refractivity contribution in [3.8, 4) is 0 Å². The fourth-order valence-corrected chi connectivity index (χ4v) is 3.22. The molecule has 1 aliphatic carbocycles. The van der Waals surface area contributed by atoms with Crippen LogP contribution in [0.15, 0.2) is 18.2 Å². The summed E-state index contributed by atoms with van der Waals surface area (Å²) in [6.45, 7) is 2.22. The minimum atomic E-state index is -0.878. The Kier molecular flexibility index (Phi) is 2.40. The Morgan fingerprint density at radius 1 is 1.53 bits per heavy atom. The van der Waals surface area contributed by atoms with Crippen molar-refractivity contribution >= 4 is 27.5 Å². The van der Waals surface area contributed by atoms with E-state index in [-0.39, 0.29) is 0 Å². The van der Waals surface area contributed by atoms with Crippen LogP contribution in [-0.2, 0) is 0 Å². The molecule has 1 fully saturated rings. The van der Waals surface area contributed by atoms with Crippen molar-refractivity contribution in [3.63, 3.8) is 0 Å². The number of aromatic carboxylic acids is 1. The Balaban J connectivity index is 2.02. The van der Waals surface area contributed by atoms with Crippen molar-refractivity contribution in [2.24, 2.45) is 5.92 Å². The summed E-state index contributed by atoms with van der Waals surface area (Å²) in [5, 5.41) is 10.1. The quantitative estimate of drug-likeness (QED) is 0.903. The Morgan fingerprint density at radius 2 is 2.29 bits per heavy atom. The van der Waals surface area contributed by atoms with E-state index in [1.54, 1.807) is 29.5 Å². The highest BCUT2D eigenvalue weighted by Crippen LogP contribution is 2.44. The van der Waals surface area contributed by atoms with E-state index < -0.39 is 5.97 Å². The second-order valence-electron chi connectivity index (χ2n) is 4.67. The van der Waals surface area contributed by atoms with Crippen LogP contribution in [0.25, 0.3) is 10.2 Å². The van der Waals surface area contributed by atoms with Gasteiger partial charge in [-0.2, -0.15) is 0 Å². The van der Waals surface area contributed by atoms with Crippen LogP contribution in [0, 0.1) is 5.92 Å². The fraction of sp³-hybridized carbons (Fsp3) is 0.385. The summed E-state index contributed by atoms with van der Waals surface area (Å²) in [4.78, 5) is 15.5. The van der Waals surface area contributed by atoms with E-state index in [1.165, 1.54) is 12.8 Å². The van der Waals surface area contributed by atoms with Gasteiger partial charge in [0.1, 0.15) is 0 Å². The van der Waals surface area contributed by atoms with E-state index in [4.69, 9.17) is 5.11 Å². The average molecular weight is 247 g/mol. The van der Waals surface area contributed by atoms with Gasteiger partial charge in [0.2, 0.25) is 0 Å². The van der Waals surface area contributed by atoms with Gasteiger partial charge in [-0.25, -0.2) is 9.78 Å². The highest BCUT2D eigenvalue weighted by molar-refractivity contribution is 7.18. The Morgan fingerprint density at radius 3 is 2.94 bits per heavy atom. The van der Waals surface area contributed by atoms with Crippen LogP contribution >= 0.6 is 11.3 Å². The predicted octanol–water partition coefficient (Wildman–Crippen LogP) is 3.51. The number of thiazole rings is 1. The molecule has 0 aliphatic heterocycles. The smallest absolute Gasteiger partial charge is 0.335 e. The van der Waals surface area contributed by atoms with Gasteiger partial charge in [0.05, 0.1) is 20.8 Å². The summed E-state index contributed by atoms with van der Waals surface area (Å²) >= 11 is 1.63. The number of hydrogen-bond acceptors (Lipinski definition) is 3. The molecule has 1 heterocycles. The summed E-state index contributed by atoms with van der Waals surface area (Å²) < 4.78 is 0.979. The van der Waals surface area contributed by atoms with Crippen LogP contribution < -0.4 is 0 Å². The number of benzene rings is 1. The summed E-state index contributed by atoms with van der Waals surface area (Å²) in [7, 11) is 0. The van der Waals surface area contributed by atoms with Gasteiger partial charge in [0.15, 0.2) is 0 Å². The second kappa shape index (κ2) is 3.81. The van der Waals surface area contributed by atoms with E-state index in [9.17, 15) is 4.79 Å². The molecule has 0 radical (unpaired) electrons. The SMILES string of the molecule is CC(c1nc2ccc(C(=O)O)cc2s1)C1CC1. The number of aromatic nitrogens is 1. The molecule has 2 aromatic rings. The molecule has 0 spiro atoms. The molecule has 4 heteroatoms. The maximum atomic E-state index is 10.9. The Bertz CT molecular complexity index is 586. The first-order valence-electron chi connectivity index (χ1n) is 5.79. The number of hydrogen-bond donors (Lipinski definition) is 1. The van der Waals surface area contributed by atoms with Gasteiger partial charge in [-0.15, -0.1) is 11.3 Å². The van der Waals surface area contributed by atoms with Crippen LogP contribution in [0.1, 0.15) is 41.0 Å². The van der Waals surface area contributed by atoms with Crippen LogP contribution in [0.5, 0.6) is 0 Å². The Labute approximate surface area is 103 Å². The lowest BCUT2D eigenvalue weighted by Gasteiger charge is -2.03. The first-order chi connectivity index (χ1) is 8.15. The number of rotatable bonds is 3. The van der Waals surface area contributed by atoms with Gasteiger partial charge in [0, 0.05) is 5.92 Å². The van der Waals surface area contributed by atoms with E-state index in [2.05, 4.69) is 11.9 Å². The third-order valence-electron chi connectivity index (χ3n) is 3.37. The molecule has 1 atom stereocenters. The molecule has 1 aliphatic rings. The maximum Gasteiger partial charge on any atom is 0.335 e. The predicted molar refractivity (Wildman–Crippen MR) is 67.7 cm³/mol. The summed E-state index contributed by atoms with van der Waals surface area (Å²) in [6.07, 6.45) is 2.61. The zero-order valence-corrected chi connectivity index (χ0v) is 10.3. The van der Waals surface area contributed by atoms with Gasteiger partial charge in [-0.1, -0.05) is 6.92 Å². The molecule has 1 aromatic carbocycles. The normalized spacial score (nSPS) is 17.2. The molecule has 1 saturated carbocycles. The van der Waals surface area contributed by atoms with Crippen LogP contribution in [0.4, 0.5) is 0 Å². The van der Waals surface area contributed by atoms with Crippen molar-refractivity contribution < 1.29 is 9.90 Å². The molecule has 3 rings (SSSR count). The average Bonchev–Trinajstić information content (AvgIpc) is 3.06. The molecule has 1 N–H and O–H groups in total. The topological polar surface area (TPSA) is 50.2 Å². The van der Waals surface area contributed by atoms with Gasteiger partial charge in [0.25, 0.3) is 0 Å². The van der Waals surface area contributed by atoms with Crippen molar-refractivity contribution in [2.45, 2.75) is 25.7 Å². The first kappa shape index (κ1) is 10.7. The molecular formula is C13H13NO2S. The van der Waals surface area contributed by atoms with Crippen LogP contribution in [0.2, 0.25) is 0 Å². The van der Waals surface area contributed by atoms with Gasteiger partial charge < -0.3 is 5.11 Å². The zero-order chi connectivity index (χ0) is 12.0. The third-order valence-corrected chi connectivity index (χ3v) is 4.59. The number of carboxylic acids is 1. The lowest BCUT2D eigenvalue weighted by Crippen LogP contribution is -1.94. The van der Waals surface area contributed by atoms with E-state index >= 15 is 0 Å².